The van der Waals surface area contributed by atoms with Crippen molar-refractivity contribution in [3.63, 3.8) is 0 Å². The number of hydrogen-bond donors (Lipinski definition) is 0. The van der Waals surface area contributed by atoms with Crippen LogP contribution >= 0.6 is 0 Å². The first-order valence-electron chi connectivity index (χ1n) is 4.10. The van der Waals surface area contributed by atoms with Crippen LogP contribution in [-0.2, 0) is 4.74 Å². The van der Waals surface area contributed by atoms with E-state index in [2.05, 4.69) is 18.7 Å². The number of rotatable bonds is 4. The summed E-state index contributed by atoms with van der Waals surface area (Å²) in [7, 11) is 1.76. The Morgan fingerprint density at radius 2 is 2.55 bits per heavy atom. The molecule has 0 bridgehead atoms. The van der Waals surface area contributed by atoms with Crippen LogP contribution in [0.2, 0.25) is 0 Å². The van der Waals surface area contributed by atoms with Gasteiger partial charge in [-0.25, -0.2) is 0 Å². The van der Waals surface area contributed by atoms with Crippen LogP contribution in [-0.4, -0.2) is 13.7 Å². The van der Waals surface area contributed by atoms with Gasteiger partial charge in [-0.1, -0.05) is 18.2 Å². The number of allylic oxidation sites excluding steroid dienone is 2. The fourth-order valence-corrected chi connectivity index (χ4v) is 1.71. The van der Waals surface area contributed by atoms with Gasteiger partial charge in [0, 0.05) is 12.5 Å². The average Bonchev–Trinajstić information content (AvgIpc) is 2.39. The lowest BCUT2D eigenvalue weighted by Crippen LogP contribution is -2.20. The summed E-state index contributed by atoms with van der Waals surface area (Å²) in [6.07, 6.45) is 9.94. The van der Waals surface area contributed by atoms with Crippen molar-refractivity contribution in [2.24, 2.45) is 5.41 Å². The molecule has 0 saturated heterocycles. The highest BCUT2D eigenvalue weighted by Gasteiger charge is 2.27. The van der Waals surface area contributed by atoms with Crippen LogP contribution in [0.4, 0.5) is 0 Å². The highest BCUT2D eigenvalue weighted by molar-refractivity contribution is 5.08. The van der Waals surface area contributed by atoms with Crippen LogP contribution in [0, 0.1) is 5.41 Å². The van der Waals surface area contributed by atoms with E-state index < -0.39 is 0 Å². The minimum atomic E-state index is 0.274. The van der Waals surface area contributed by atoms with E-state index in [9.17, 15) is 0 Å². The highest BCUT2D eigenvalue weighted by Crippen LogP contribution is 2.35. The maximum Gasteiger partial charge on any atom is 0.0556 e. The van der Waals surface area contributed by atoms with Gasteiger partial charge in [-0.3, -0.25) is 0 Å². The SMILES string of the molecule is C=CCC1(COC)C=CCC1. The van der Waals surface area contributed by atoms with Gasteiger partial charge in [0.2, 0.25) is 0 Å². The maximum absolute atomic E-state index is 5.18. The van der Waals surface area contributed by atoms with Crippen molar-refractivity contribution < 1.29 is 4.74 Å². The first-order chi connectivity index (χ1) is 5.33. The van der Waals surface area contributed by atoms with E-state index in [1.807, 2.05) is 6.08 Å². The predicted octanol–water partition coefficient (Wildman–Crippen LogP) is 2.55. The average molecular weight is 152 g/mol. The molecule has 1 aliphatic rings. The lowest BCUT2D eigenvalue weighted by molar-refractivity contribution is 0.112. The molecule has 1 nitrogen and oxygen atoms in total. The lowest BCUT2D eigenvalue weighted by atomic mass is 9.85. The normalized spacial score (nSPS) is 29.2. The molecule has 0 aromatic carbocycles. The van der Waals surface area contributed by atoms with E-state index in [0.717, 1.165) is 13.0 Å². The molecule has 62 valence electrons. The summed E-state index contributed by atoms with van der Waals surface area (Å²) in [5.74, 6) is 0. The molecule has 0 radical (unpaired) electrons. The molecule has 0 aliphatic heterocycles. The number of hydrogen-bond acceptors (Lipinski definition) is 1. The van der Waals surface area contributed by atoms with E-state index in [0.29, 0.717) is 0 Å². The zero-order valence-electron chi connectivity index (χ0n) is 7.18. The van der Waals surface area contributed by atoms with Crippen molar-refractivity contribution in [1.29, 1.82) is 0 Å². The van der Waals surface area contributed by atoms with Crippen LogP contribution in [0.5, 0.6) is 0 Å². The summed E-state index contributed by atoms with van der Waals surface area (Å²) < 4.78 is 5.18. The van der Waals surface area contributed by atoms with Crippen LogP contribution in [0.3, 0.4) is 0 Å². The molecular weight excluding hydrogens is 136 g/mol. The molecule has 0 amide bonds. The van der Waals surface area contributed by atoms with Crippen molar-refractivity contribution in [2.75, 3.05) is 13.7 Å². The molecule has 0 fully saturated rings. The third kappa shape index (κ3) is 1.93. The summed E-state index contributed by atoms with van der Waals surface area (Å²) in [5, 5.41) is 0. The van der Waals surface area contributed by atoms with Crippen LogP contribution in [0.25, 0.3) is 0 Å². The molecule has 1 heteroatoms. The minimum Gasteiger partial charge on any atom is -0.384 e. The Labute approximate surface area is 68.8 Å². The van der Waals surface area contributed by atoms with E-state index in [4.69, 9.17) is 4.74 Å². The molecular formula is C10H16O. The van der Waals surface area contributed by atoms with Gasteiger partial charge in [-0.15, -0.1) is 6.58 Å². The molecule has 0 aromatic rings. The van der Waals surface area contributed by atoms with E-state index in [1.165, 1.54) is 12.8 Å². The second-order valence-electron chi connectivity index (χ2n) is 3.23. The second kappa shape index (κ2) is 3.72. The largest absolute Gasteiger partial charge is 0.384 e. The molecule has 11 heavy (non-hydrogen) atoms. The molecule has 1 unspecified atom stereocenters. The summed E-state index contributed by atoms with van der Waals surface area (Å²) in [4.78, 5) is 0. The summed E-state index contributed by atoms with van der Waals surface area (Å²) in [6.45, 7) is 4.59. The van der Waals surface area contributed by atoms with Crippen LogP contribution in [0.1, 0.15) is 19.3 Å². The first kappa shape index (κ1) is 8.54. The Balaban J connectivity index is 2.55. The summed E-state index contributed by atoms with van der Waals surface area (Å²) in [5.41, 5.74) is 0.274. The monoisotopic (exact) mass is 152 g/mol. The standard InChI is InChI=1S/C10H16O/c1-3-6-10(9-11-2)7-4-5-8-10/h3-4,7H,1,5-6,8-9H2,2H3. The molecule has 1 rings (SSSR count). The predicted molar refractivity (Wildman–Crippen MR) is 47.5 cm³/mol. The Bertz CT molecular complexity index is 160. The lowest BCUT2D eigenvalue weighted by Gasteiger charge is -2.24. The first-order valence-corrected chi connectivity index (χ1v) is 4.10. The van der Waals surface area contributed by atoms with Gasteiger partial charge in [0.1, 0.15) is 0 Å². The molecule has 0 heterocycles. The van der Waals surface area contributed by atoms with Crippen LogP contribution in [0.15, 0.2) is 24.8 Å². The Hall–Kier alpha value is -0.560. The zero-order valence-corrected chi connectivity index (χ0v) is 7.18. The van der Waals surface area contributed by atoms with Gasteiger partial charge in [-0.05, 0) is 19.3 Å². The van der Waals surface area contributed by atoms with E-state index in [1.54, 1.807) is 7.11 Å². The van der Waals surface area contributed by atoms with Gasteiger partial charge in [-0.2, -0.15) is 0 Å². The zero-order chi connectivity index (χ0) is 8.16. The maximum atomic E-state index is 5.18. The fourth-order valence-electron chi connectivity index (χ4n) is 1.71. The molecule has 1 atom stereocenters. The highest BCUT2D eigenvalue weighted by atomic mass is 16.5. The number of methoxy groups -OCH3 is 1. The smallest absolute Gasteiger partial charge is 0.0556 e. The molecule has 0 spiro atoms. The topological polar surface area (TPSA) is 9.23 Å². The van der Waals surface area contributed by atoms with E-state index in [-0.39, 0.29) is 5.41 Å². The van der Waals surface area contributed by atoms with Gasteiger partial charge in [0.15, 0.2) is 0 Å². The van der Waals surface area contributed by atoms with Gasteiger partial charge in [0.25, 0.3) is 0 Å². The number of ether oxygens (including phenoxy) is 1. The van der Waals surface area contributed by atoms with Crippen molar-refractivity contribution >= 4 is 0 Å². The van der Waals surface area contributed by atoms with Crippen molar-refractivity contribution in [1.82, 2.24) is 0 Å². The van der Waals surface area contributed by atoms with E-state index >= 15 is 0 Å². The Morgan fingerprint density at radius 1 is 1.73 bits per heavy atom. The Morgan fingerprint density at radius 3 is 3.00 bits per heavy atom. The quantitative estimate of drug-likeness (QED) is 0.562. The van der Waals surface area contributed by atoms with Crippen LogP contribution < -0.4 is 0 Å². The van der Waals surface area contributed by atoms with Crippen molar-refractivity contribution in [3.05, 3.63) is 24.8 Å². The summed E-state index contributed by atoms with van der Waals surface area (Å²) >= 11 is 0. The van der Waals surface area contributed by atoms with Crippen molar-refractivity contribution in [2.45, 2.75) is 19.3 Å². The third-order valence-corrected chi connectivity index (χ3v) is 2.26. The van der Waals surface area contributed by atoms with Crippen molar-refractivity contribution in [3.8, 4) is 0 Å². The van der Waals surface area contributed by atoms with Gasteiger partial charge in [0.05, 0.1) is 6.61 Å². The molecule has 0 N–H and O–H groups in total. The summed E-state index contributed by atoms with van der Waals surface area (Å²) in [6, 6.07) is 0. The Kier molecular flexibility index (Phi) is 2.89. The second-order valence-corrected chi connectivity index (χ2v) is 3.23. The van der Waals surface area contributed by atoms with Gasteiger partial charge >= 0.3 is 0 Å². The third-order valence-electron chi connectivity index (χ3n) is 2.26. The molecule has 1 aliphatic carbocycles. The minimum absolute atomic E-state index is 0.274. The fraction of sp³-hybridized carbons (Fsp3) is 0.600. The van der Waals surface area contributed by atoms with Gasteiger partial charge < -0.3 is 4.74 Å². The molecule has 0 saturated carbocycles. The molecule has 0 aromatic heterocycles.